The van der Waals surface area contributed by atoms with Crippen LogP contribution in [0.5, 0.6) is 0 Å². The van der Waals surface area contributed by atoms with Crippen molar-refractivity contribution in [2.45, 2.75) is 0 Å². The van der Waals surface area contributed by atoms with Crippen molar-refractivity contribution in [3.8, 4) is 0 Å². The van der Waals surface area contributed by atoms with Crippen molar-refractivity contribution in [3.05, 3.63) is 29.2 Å². The molecule has 0 spiro atoms. The van der Waals surface area contributed by atoms with E-state index in [-0.39, 0.29) is 5.28 Å². The Kier molecular flexibility index (Phi) is 3.51. The van der Waals surface area contributed by atoms with Gasteiger partial charge in [0.25, 0.3) is 0 Å². The van der Waals surface area contributed by atoms with E-state index in [1.807, 2.05) is 11.9 Å². The monoisotopic (exact) mass is 217 g/mol. The zero-order valence-corrected chi connectivity index (χ0v) is 8.68. The van der Waals surface area contributed by atoms with Crippen LogP contribution >= 0.6 is 23.2 Å². The minimum absolute atomic E-state index is 0.151. The van der Waals surface area contributed by atoms with Gasteiger partial charge in [0.15, 0.2) is 0 Å². The molecule has 0 atom stereocenters. The van der Waals surface area contributed by atoms with Crippen LogP contribution in [0.25, 0.3) is 0 Å². The van der Waals surface area contributed by atoms with Gasteiger partial charge in [0.1, 0.15) is 11.0 Å². The fraction of sp³-hybridized carbons (Fsp3) is 0.250. The smallest absolute Gasteiger partial charge is 0.225 e. The third-order valence-electron chi connectivity index (χ3n) is 1.45. The van der Waals surface area contributed by atoms with Gasteiger partial charge in [-0.2, -0.15) is 0 Å². The third-order valence-corrected chi connectivity index (χ3v) is 1.81. The van der Waals surface area contributed by atoms with Gasteiger partial charge in [-0.3, -0.25) is 0 Å². The predicted octanol–water partition coefficient (Wildman–Crippen LogP) is 2.41. The van der Waals surface area contributed by atoms with Crippen LogP contribution in [-0.2, 0) is 0 Å². The molecule has 70 valence electrons. The molecule has 0 N–H and O–H groups in total. The fourth-order valence-corrected chi connectivity index (χ4v) is 1.26. The average molecular weight is 218 g/mol. The summed E-state index contributed by atoms with van der Waals surface area (Å²) in [5.41, 5.74) is 0. The SMILES string of the molecule is C=CCN(C)c1cc(Cl)nc(Cl)n1. The lowest BCUT2D eigenvalue weighted by molar-refractivity contribution is 0.976. The van der Waals surface area contributed by atoms with Crippen LogP contribution in [0.2, 0.25) is 10.4 Å². The van der Waals surface area contributed by atoms with E-state index >= 15 is 0 Å². The Morgan fingerprint density at radius 3 is 2.77 bits per heavy atom. The Labute approximate surface area is 87.0 Å². The Bertz CT molecular complexity index is 294. The lowest BCUT2D eigenvalue weighted by Gasteiger charge is -2.15. The highest BCUT2D eigenvalue weighted by Gasteiger charge is 2.04. The normalized spacial score (nSPS) is 9.77. The second-order valence-corrected chi connectivity index (χ2v) is 3.21. The van der Waals surface area contributed by atoms with Gasteiger partial charge in [0, 0.05) is 19.7 Å². The van der Waals surface area contributed by atoms with Crippen molar-refractivity contribution in [1.29, 1.82) is 0 Å². The first kappa shape index (κ1) is 10.3. The van der Waals surface area contributed by atoms with Crippen molar-refractivity contribution in [2.24, 2.45) is 0 Å². The molecular formula is C8H9Cl2N3. The largest absolute Gasteiger partial charge is 0.356 e. The Morgan fingerprint density at radius 2 is 2.23 bits per heavy atom. The molecule has 1 aromatic heterocycles. The molecule has 0 aliphatic rings. The van der Waals surface area contributed by atoms with E-state index in [9.17, 15) is 0 Å². The number of rotatable bonds is 3. The number of hydrogen-bond donors (Lipinski definition) is 0. The van der Waals surface area contributed by atoms with Gasteiger partial charge in [-0.1, -0.05) is 17.7 Å². The summed E-state index contributed by atoms with van der Waals surface area (Å²) in [5, 5.41) is 0.490. The molecule has 0 fully saturated rings. The number of aromatic nitrogens is 2. The molecular weight excluding hydrogens is 209 g/mol. The molecule has 0 unspecified atom stereocenters. The number of anilines is 1. The van der Waals surface area contributed by atoms with Crippen LogP contribution in [0, 0.1) is 0 Å². The molecule has 5 heteroatoms. The minimum atomic E-state index is 0.151. The highest BCUT2D eigenvalue weighted by atomic mass is 35.5. The van der Waals surface area contributed by atoms with E-state index in [1.165, 1.54) is 0 Å². The van der Waals surface area contributed by atoms with Crippen molar-refractivity contribution >= 4 is 29.0 Å². The van der Waals surface area contributed by atoms with Gasteiger partial charge in [0.2, 0.25) is 5.28 Å². The number of hydrogen-bond acceptors (Lipinski definition) is 3. The van der Waals surface area contributed by atoms with E-state index in [4.69, 9.17) is 23.2 Å². The maximum Gasteiger partial charge on any atom is 0.225 e. The second kappa shape index (κ2) is 4.44. The Balaban J connectivity index is 2.93. The molecule has 3 nitrogen and oxygen atoms in total. The second-order valence-electron chi connectivity index (χ2n) is 2.49. The van der Waals surface area contributed by atoms with Gasteiger partial charge in [0.05, 0.1) is 0 Å². The molecule has 0 saturated heterocycles. The maximum atomic E-state index is 5.71. The van der Waals surface area contributed by atoms with Crippen LogP contribution in [0.15, 0.2) is 18.7 Å². The summed E-state index contributed by atoms with van der Waals surface area (Å²) in [7, 11) is 1.87. The molecule has 0 saturated carbocycles. The number of likely N-dealkylation sites (N-methyl/N-ethyl adjacent to an activating group) is 1. The first-order chi connectivity index (χ1) is 6.13. The van der Waals surface area contributed by atoms with Crippen LogP contribution in [0.4, 0.5) is 5.82 Å². The molecule has 0 aliphatic carbocycles. The molecule has 0 amide bonds. The molecule has 0 aliphatic heterocycles. The van der Waals surface area contributed by atoms with Gasteiger partial charge in [-0.25, -0.2) is 9.97 Å². The van der Waals surface area contributed by atoms with Gasteiger partial charge in [-0.05, 0) is 11.6 Å². The lowest BCUT2D eigenvalue weighted by Crippen LogP contribution is -2.18. The molecule has 0 radical (unpaired) electrons. The van der Waals surface area contributed by atoms with Gasteiger partial charge >= 0.3 is 0 Å². The van der Waals surface area contributed by atoms with Gasteiger partial charge in [-0.15, -0.1) is 6.58 Å². The molecule has 0 aromatic carbocycles. The van der Waals surface area contributed by atoms with Gasteiger partial charge < -0.3 is 4.90 Å². The first-order valence-electron chi connectivity index (χ1n) is 3.65. The standard InChI is InChI=1S/C8H9Cl2N3/c1-3-4-13(2)7-5-6(9)11-8(10)12-7/h3,5H,1,4H2,2H3. The van der Waals surface area contributed by atoms with Crippen LogP contribution < -0.4 is 4.90 Å². The van der Waals surface area contributed by atoms with Crippen LogP contribution in [0.1, 0.15) is 0 Å². The summed E-state index contributed by atoms with van der Waals surface area (Å²) in [4.78, 5) is 9.61. The minimum Gasteiger partial charge on any atom is -0.356 e. The molecule has 1 heterocycles. The predicted molar refractivity (Wildman–Crippen MR) is 55.5 cm³/mol. The Morgan fingerprint density at radius 1 is 1.54 bits per heavy atom. The zero-order valence-electron chi connectivity index (χ0n) is 7.17. The Hall–Kier alpha value is -0.800. The summed E-state index contributed by atoms with van der Waals surface area (Å²) in [5.74, 6) is 0.685. The molecule has 0 bridgehead atoms. The van der Waals surface area contributed by atoms with Crippen molar-refractivity contribution in [2.75, 3.05) is 18.5 Å². The molecule has 13 heavy (non-hydrogen) atoms. The number of halogens is 2. The van der Waals surface area contributed by atoms with Crippen molar-refractivity contribution in [3.63, 3.8) is 0 Å². The van der Waals surface area contributed by atoms with E-state index in [1.54, 1.807) is 12.1 Å². The van der Waals surface area contributed by atoms with E-state index in [2.05, 4.69) is 16.5 Å². The topological polar surface area (TPSA) is 29.0 Å². The third kappa shape index (κ3) is 2.86. The summed E-state index contributed by atoms with van der Waals surface area (Å²) < 4.78 is 0. The van der Waals surface area contributed by atoms with E-state index in [0.29, 0.717) is 17.5 Å². The highest BCUT2D eigenvalue weighted by molar-refractivity contribution is 6.32. The highest BCUT2D eigenvalue weighted by Crippen LogP contribution is 2.16. The summed E-state index contributed by atoms with van der Waals surface area (Å²) in [6.07, 6.45) is 1.77. The van der Waals surface area contributed by atoms with Crippen molar-refractivity contribution < 1.29 is 0 Å². The number of nitrogens with zero attached hydrogens (tertiary/aromatic N) is 3. The quantitative estimate of drug-likeness (QED) is 0.443. The fourth-order valence-electron chi connectivity index (χ4n) is 0.861. The van der Waals surface area contributed by atoms with E-state index < -0.39 is 0 Å². The summed E-state index contributed by atoms with van der Waals surface area (Å²) >= 11 is 11.3. The summed E-state index contributed by atoms with van der Waals surface area (Å²) in [6, 6.07) is 1.65. The lowest BCUT2D eigenvalue weighted by atomic mass is 10.5. The van der Waals surface area contributed by atoms with Crippen LogP contribution in [-0.4, -0.2) is 23.6 Å². The average Bonchev–Trinajstić information content (AvgIpc) is 2.03. The summed E-state index contributed by atoms with van der Waals surface area (Å²) in [6.45, 7) is 4.30. The zero-order chi connectivity index (χ0) is 9.84. The molecule has 1 aromatic rings. The maximum absolute atomic E-state index is 5.71. The van der Waals surface area contributed by atoms with E-state index in [0.717, 1.165) is 0 Å². The van der Waals surface area contributed by atoms with Crippen molar-refractivity contribution in [1.82, 2.24) is 9.97 Å². The van der Waals surface area contributed by atoms with Crippen LogP contribution in [0.3, 0.4) is 0 Å². The first-order valence-corrected chi connectivity index (χ1v) is 4.41. The molecule has 1 rings (SSSR count).